The van der Waals surface area contributed by atoms with Crippen LogP contribution in [0.3, 0.4) is 0 Å². The monoisotopic (exact) mass is 320 g/mol. The molecule has 4 N–H and O–H groups in total. The van der Waals surface area contributed by atoms with E-state index in [1.165, 1.54) is 11.9 Å². The normalized spacial score (nSPS) is 11.7. The summed E-state index contributed by atoms with van der Waals surface area (Å²) in [5.41, 5.74) is 6.84. The summed E-state index contributed by atoms with van der Waals surface area (Å²) in [5, 5.41) is 5.12. The van der Waals surface area contributed by atoms with E-state index >= 15 is 0 Å². The molecule has 23 heavy (non-hydrogen) atoms. The predicted molar refractivity (Wildman–Crippen MR) is 88.8 cm³/mol. The molecule has 7 nitrogen and oxygen atoms in total. The van der Waals surface area contributed by atoms with Crippen LogP contribution < -0.4 is 16.4 Å². The number of primary amides is 1. The van der Waals surface area contributed by atoms with Crippen molar-refractivity contribution >= 4 is 23.5 Å². The van der Waals surface area contributed by atoms with Gasteiger partial charge in [0.1, 0.15) is 6.04 Å². The molecule has 1 atom stereocenters. The quantitative estimate of drug-likeness (QED) is 0.730. The molecule has 0 aromatic heterocycles. The second-order valence-corrected chi connectivity index (χ2v) is 5.84. The molecule has 1 rings (SSSR count). The zero-order valence-corrected chi connectivity index (χ0v) is 13.9. The first-order valence-electron chi connectivity index (χ1n) is 7.38. The number of rotatable bonds is 6. The maximum Gasteiger partial charge on any atom is 0.312 e. The molecule has 0 fully saturated rings. The topological polar surface area (TPSA) is 105 Å². The third kappa shape index (κ3) is 5.98. The van der Waals surface area contributed by atoms with E-state index in [9.17, 15) is 14.4 Å². The van der Waals surface area contributed by atoms with Gasteiger partial charge in [-0.3, -0.25) is 9.59 Å². The number of hydrogen-bond acceptors (Lipinski definition) is 3. The molecule has 0 spiro atoms. The Hall–Kier alpha value is -2.57. The van der Waals surface area contributed by atoms with E-state index < -0.39 is 12.1 Å². The van der Waals surface area contributed by atoms with Crippen LogP contribution in [-0.2, 0) is 9.59 Å². The highest BCUT2D eigenvalue weighted by molar-refractivity contribution is 5.95. The number of urea groups is 1. The molecule has 0 heterocycles. The van der Waals surface area contributed by atoms with E-state index in [1.54, 1.807) is 26.0 Å². The van der Waals surface area contributed by atoms with E-state index in [1.807, 2.05) is 19.1 Å². The lowest BCUT2D eigenvalue weighted by atomic mass is 10.0. The number of hydrogen-bond donors (Lipinski definition) is 3. The molecule has 4 amide bonds. The van der Waals surface area contributed by atoms with Crippen molar-refractivity contribution in [3.8, 4) is 0 Å². The molecule has 1 aromatic carbocycles. The number of benzene rings is 1. The SMILES string of the molecule is Cc1ccc(NC(=O)CN(C)C(=O)C(NC(N)=O)C(C)C)cc1. The van der Waals surface area contributed by atoms with Gasteiger partial charge < -0.3 is 21.3 Å². The van der Waals surface area contributed by atoms with E-state index in [4.69, 9.17) is 5.73 Å². The highest BCUT2D eigenvalue weighted by Crippen LogP contribution is 2.09. The summed E-state index contributed by atoms with van der Waals surface area (Å²) in [7, 11) is 1.51. The lowest BCUT2D eigenvalue weighted by Crippen LogP contribution is -2.52. The Balaban J connectivity index is 2.63. The van der Waals surface area contributed by atoms with Gasteiger partial charge in [0, 0.05) is 12.7 Å². The first-order chi connectivity index (χ1) is 10.7. The van der Waals surface area contributed by atoms with Crippen LogP contribution >= 0.6 is 0 Å². The second-order valence-electron chi connectivity index (χ2n) is 5.84. The fourth-order valence-corrected chi connectivity index (χ4v) is 2.03. The smallest absolute Gasteiger partial charge is 0.312 e. The predicted octanol–water partition coefficient (Wildman–Crippen LogP) is 1.08. The first-order valence-corrected chi connectivity index (χ1v) is 7.38. The minimum Gasteiger partial charge on any atom is -0.352 e. The van der Waals surface area contributed by atoms with Crippen molar-refractivity contribution in [2.45, 2.75) is 26.8 Å². The lowest BCUT2D eigenvalue weighted by Gasteiger charge is -2.26. The summed E-state index contributed by atoms with van der Waals surface area (Å²) in [6, 6.07) is 5.83. The minimum atomic E-state index is -0.769. The van der Waals surface area contributed by atoms with Crippen molar-refractivity contribution in [1.29, 1.82) is 0 Å². The molecule has 7 heteroatoms. The minimum absolute atomic E-state index is 0.115. The molecular formula is C16H24N4O3. The van der Waals surface area contributed by atoms with E-state index in [-0.39, 0.29) is 24.3 Å². The van der Waals surface area contributed by atoms with Gasteiger partial charge in [-0.2, -0.15) is 0 Å². The van der Waals surface area contributed by atoms with Crippen LogP contribution in [-0.4, -0.2) is 42.4 Å². The van der Waals surface area contributed by atoms with Gasteiger partial charge >= 0.3 is 6.03 Å². The summed E-state index contributed by atoms with van der Waals surface area (Å²) in [6.07, 6.45) is 0. The van der Waals surface area contributed by atoms with Gasteiger partial charge in [0.25, 0.3) is 0 Å². The number of nitrogens with zero attached hydrogens (tertiary/aromatic N) is 1. The second kappa shape index (κ2) is 8.17. The fourth-order valence-electron chi connectivity index (χ4n) is 2.03. The molecule has 0 saturated heterocycles. The van der Waals surface area contributed by atoms with Crippen molar-refractivity contribution in [3.05, 3.63) is 29.8 Å². The Morgan fingerprint density at radius 2 is 1.74 bits per heavy atom. The van der Waals surface area contributed by atoms with Crippen LogP contribution in [0.15, 0.2) is 24.3 Å². The lowest BCUT2D eigenvalue weighted by molar-refractivity contribution is -0.135. The van der Waals surface area contributed by atoms with Crippen LogP contribution in [0.2, 0.25) is 0 Å². The summed E-state index contributed by atoms with van der Waals surface area (Å²) in [5.74, 6) is -0.818. The van der Waals surface area contributed by atoms with Gasteiger partial charge in [0.05, 0.1) is 6.54 Å². The third-order valence-corrected chi connectivity index (χ3v) is 3.32. The summed E-state index contributed by atoms with van der Waals surface area (Å²) >= 11 is 0. The van der Waals surface area contributed by atoms with Crippen molar-refractivity contribution in [2.24, 2.45) is 11.7 Å². The molecule has 0 aliphatic rings. The van der Waals surface area contributed by atoms with Crippen LogP contribution in [0.25, 0.3) is 0 Å². The van der Waals surface area contributed by atoms with E-state index in [0.29, 0.717) is 5.69 Å². The molecule has 0 aliphatic heterocycles. The Morgan fingerprint density at radius 3 is 2.22 bits per heavy atom. The van der Waals surface area contributed by atoms with Crippen LogP contribution in [0.1, 0.15) is 19.4 Å². The Bertz CT molecular complexity index is 569. The number of carbonyl (C=O) groups is 3. The van der Waals surface area contributed by atoms with Crippen molar-refractivity contribution < 1.29 is 14.4 Å². The van der Waals surface area contributed by atoms with Crippen LogP contribution in [0.4, 0.5) is 10.5 Å². The van der Waals surface area contributed by atoms with Gasteiger partial charge in [-0.15, -0.1) is 0 Å². The summed E-state index contributed by atoms with van der Waals surface area (Å²) in [4.78, 5) is 36.6. The molecule has 0 bridgehead atoms. The number of nitrogens with two attached hydrogens (primary N) is 1. The molecule has 0 radical (unpaired) electrons. The van der Waals surface area contributed by atoms with Crippen LogP contribution in [0.5, 0.6) is 0 Å². The third-order valence-electron chi connectivity index (χ3n) is 3.32. The highest BCUT2D eigenvalue weighted by atomic mass is 16.2. The maximum atomic E-state index is 12.3. The van der Waals surface area contributed by atoms with Gasteiger partial charge in [-0.25, -0.2) is 4.79 Å². The fraction of sp³-hybridized carbons (Fsp3) is 0.438. The van der Waals surface area contributed by atoms with Gasteiger partial charge in [-0.05, 0) is 25.0 Å². The average Bonchev–Trinajstić information content (AvgIpc) is 2.45. The first kappa shape index (κ1) is 18.5. The number of carbonyl (C=O) groups excluding carboxylic acids is 3. The summed E-state index contributed by atoms with van der Waals surface area (Å²) < 4.78 is 0. The Kier molecular flexibility index (Phi) is 6.56. The average molecular weight is 320 g/mol. The van der Waals surface area contributed by atoms with Crippen molar-refractivity contribution in [2.75, 3.05) is 18.9 Å². The zero-order chi connectivity index (χ0) is 17.6. The molecule has 0 saturated carbocycles. The van der Waals surface area contributed by atoms with Gasteiger partial charge in [0.2, 0.25) is 11.8 Å². The molecule has 0 aliphatic carbocycles. The van der Waals surface area contributed by atoms with Crippen LogP contribution in [0, 0.1) is 12.8 Å². The molecule has 126 valence electrons. The molecule has 1 aromatic rings. The number of likely N-dealkylation sites (N-methyl/N-ethyl adjacent to an activating group) is 1. The van der Waals surface area contributed by atoms with Gasteiger partial charge in [0.15, 0.2) is 0 Å². The number of aryl methyl sites for hydroxylation is 1. The number of nitrogens with one attached hydrogen (secondary N) is 2. The van der Waals surface area contributed by atoms with E-state index in [0.717, 1.165) is 5.56 Å². The number of amides is 4. The maximum absolute atomic E-state index is 12.3. The Labute approximate surface area is 136 Å². The summed E-state index contributed by atoms with van der Waals surface area (Å²) in [6.45, 7) is 5.42. The van der Waals surface area contributed by atoms with Crippen molar-refractivity contribution in [3.63, 3.8) is 0 Å². The Morgan fingerprint density at radius 1 is 1.17 bits per heavy atom. The zero-order valence-electron chi connectivity index (χ0n) is 13.9. The highest BCUT2D eigenvalue weighted by Gasteiger charge is 2.27. The standard InChI is InChI=1S/C16H24N4O3/c1-10(2)14(19-16(17)23)15(22)20(4)9-13(21)18-12-7-5-11(3)6-8-12/h5-8,10,14H,9H2,1-4H3,(H,18,21)(H3,17,19,23). The largest absolute Gasteiger partial charge is 0.352 e. The van der Waals surface area contributed by atoms with E-state index in [2.05, 4.69) is 10.6 Å². The number of anilines is 1. The van der Waals surface area contributed by atoms with Gasteiger partial charge in [-0.1, -0.05) is 31.5 Å². The molecular weight excluding hydrogens is 296 g/mol. The molecule has 1 unspecified atom stereocenters. The van der Waals surface area contributed by atoms with Crippen molar-refractivity contribution in [1.82, 2.24) is 10.2 Å².